The topological polar surface area (TPSA) is 29.1 Å². The third-order valence-corrected chi connectivity index (χ3v) is 5.77. The van der Waals surface area contributed by atoms with Crippen molar-refractivity contribution in [1.29, 1.82) is 0 Å². The van der Waals surface area contributed by atoms with Crippen LogP contribution >= 0.6 is 11.8 Å². The van der Waals surface area contributed by atoms with Crippen LogP contribution in [-0.4, -0.2) is 5.78 Å². The molecule has 23 heavy (non-hydrogen) atoms. The Balaban J connectivity index is 1.84. The third kappa shape index (κ3) is 2.68. The maximum Gasteiger partial charge on any atom is 0.143 e. The van der Waals surface area contributed by atoms with Crippen LogP contribution in [0.5, 0.6) is 0 Å². The van der Waals surface area contributed by atoms with Gasteiger partial charge in [-0.15, -0.1) is 11.8 Å². The molecule has 1 aliphatic carbocycles. The van der Waals surface area contributed by atoms with Crippen molar-refractivity contribution in [3.63, 3.8) is 0 Å². The number of anilines is 1. The lowest BCUT2D eigenvalue weighted by molar-refractivity contribution is -0.122. The van der Waals surface area contributed by atoms with E-state index in [9.17, 15) is 9.18 Å². The molecule has 2 aliphatic rings. The molecule has 4 rings (SSSR count). The lowest BCUT2D eigenvalue weighted by atomic mass is 9.85. The molecule has 1 heterocycles. The highest BCUT2D eigenvalue weighted by atomic mass is 32.2. The number of halogens is 1. The molecule has 0 spiro atoms. The highest BCUT2D eigenvalue weighted by molar-refractivity contribution is 7.99. The Hall–Kier alpha value is -2.07. The molecule has 0 amide bonds. The first kappa shape index (κ1) is 14.5. The van der Waals surface area contributed by atoms with Crippen molar-refractivity contribution in [2.24, 2.45) is 5.92 Å². The van der Waals surface area contributed by atoms with Crippen LogP contribution in [0.4, 0.5) is 10.1 Å². The molecular weight excluding hydrogens is 309 g/mol. The summed E-state index contributed by atoms with van der Waals surface area (Å²) >= 11 is 1.68. The van der Waals surface area contributed by atoms with Crippen LogP contribution in [0.25, 0.3) is 0 Å². The fourth-order valence-corrected chi connectivity index (χ4v) is 4.64. The average molecular weight is 325 g/mol. The Bertz CT molecular complexity index is 784. The van der Waals surface area contributed by atoms with Gasteiger partial charge in [0.2, 0.25) is 0 Å². The van der Waals surface area contributed by atoms with Gasteiger partial charge in [-0.05, 0) is 36.2 Å². The Morgan fingerprint density at radius 3 is 2.70 bits per heavy atom. The minimum absolute atomic E-state index is 0.0363. The number of allylic oxidation sites excluding steroid dienone is 2. The molecule has 4 heteroatoms. The normalized spacial score (nSPS) is 23.2. The number of para-hydroxylation sites is 1. The summed E-state index contributed by atoms with van der Waals surface area (Å²) in [5.41, 5.74) is 3.00. The van der Waals surface area contributed by atoms with E-state index in [1.807, 2.05) is 18.2 Å². The fraction of sp³-hybridized carbons (Fsp3) is 0.211. The summed E-state index contributed by atoms with van der Waals surface area (Å²) in [7, 11) is 0. The van der Waals surface area contributed by atoms with E-state index in [1.165, 1.54) is 12.1 Å². The molecule has 2 atom stereocenters. The van der Waals surface area contributed by atoms with Gasteiger partial charge in [0.05, 0.1) is 11.6 Å². The highest BCUT2D eigenvalue weighted by Gasteiger charge is 2.37. The summed E-state index contributed by atoms with van der Waals surface area (Å²) in [6, 6.07) is 14.6. The highest BCUT2D eigenvalue weighted by Crippen LogP contribution is 2.50. The van der Waals surface area contributed by atoms with Crippen LogP contribution < -0.4 is 5.32 Å². The van der Waals surface area contributed by atoms with Crippen LogP contribution in [-0.2, 0) is 4.79 Å². The van der Waals surface area contributed by atoms with Crippen molar-refractivity contribution in [1.82, 2.24) is 0 Å². The smallest absolute Gasteiger partial charge is 0.143 e. The van der Waals surface area contributed by atoms with E-state index < -0.39 is 0 Å². The Morgan fingerprint density at radius 1 is 1.09 bits per heavy atom. The zero-order valence-electron chi connectivity index (χ0n) is 12.5. The number of carbonyl (C=O) groups is 1. The van der Waals surface area contributed by atoms with Gasteiger partial charge in [-0.1, -0.05) is 30.3 Å². The molecule has 0 saturated carbocycles. The van der Waals surface area contributed by atoms with E-state index in [2.05, 4.69) is 17.5 Å². The predicted octanol–water partition coefficient (Wildman–Crippen LogP) is 4.95. The molecule has 2 aromatic carbocycles. The minimum Gasteiger partial charge on any atom is -0.358 e. The van der Waals surface area contributed by atoms with Crippen LogP contribution in [0, 0.1) is 11.7 Å². The summed E-state index contributed by atoms with van der Waals surface area (Å²) in [4.78, 5) is 13.7. The first-order chi connectivity index (χ1) is 11.2. The van der Waals surface area contributed by atoms with E-state index in [-0.39, 0.29) is 22.8 Å². The van der Waals surface area contributed by atoms with Gasteiger partial charge in [0.15, 0.2) is 0 Å². The standard InChI is InChI=1S/C19H16FNOS/c20-13-10-8-12(9-11-13)19-18-15(5-3-6-16(18)22)21-14-4-1-2-7-17(14)23-19/h1-2,4-5,7-11,18-19,21H,3,6H2/t18-,19-/m0/s1. The summed E-state index contributed by atoms with van der Waals surface area (Å²) in [6.07, 6.45) is 3.48. The largest absolute Gasteiger partial charge is 0.358 e. The molecule has 0 saturated heterocycles. The maximum absolute atomic E-state index is 13.3. The molecule has 0 fully saturated rings. The molecule has 1 aliphatic heterocycles. The second-order valence-corrected chi connectivity index (χ2v) is 7.04. The SMILES string of the molecule is O=C1CCC=C2Nc3ccccc3S[C@@H](c3ccc(F)cc3)[C@H]12. The number of Topliss-reactive ketones (excluding diaryl/α,β-unsaturated/α-hetero) is 1. The van der Waals surface area contributed by atoms with Crippen LogP contribution in [0.15, 0.2) is 65.2 Å². The molecule has 2 nitrogen and oxygen atoms in total. The summed E-state index contributed by atoms with van der Waals surface area (Å²) in [6.45, 7) is 0. The van der Waals surface area contributed by atoms with E-state index in [4.69, 9.17) is 0 Å². The molecule has 2 aromatic rings. The monoisotopic (exact) mass is 325 g/mol. The maximum atomic E-state index is 13.3. The zero-order valence-corrected chi connectivity index (χ0v) is 13.3. The minimum atomic E-state index is -0.253. The number of rotatable bonds is 1. The molecular formula is C19H16FNOS. The number of ketones is 1. The van der Waals surface area contributed by atoms with Gasteiger partial charge in [-0.25, -0.2) is 4.39 Å². The molecule has 0 aromatic heterocycles. The number of hydrogen-bond donors (Lipinski definition) is 1. The van der Waals surface area contributed by atoms with Crippen LogP contribution in [0.1, 0.15) is 23.7 Å². The number of nitrogens with one attached hydrogen (secondary N) is 1. The van der Waals surface area contributed by atoms with Crippen LogP contribution in [0.2, 0.25) is 0 Å². The number of carbonyl (C=O) groups excluding carboxylic acids is 1. The number of hydrogen-bond acceptors (Lipinski definition) is 3. The predicted molar refractivity (Wildman–Crippen MR) is 90.9 cm³/mol. The van der Waals surface area contributed by atoms with Crippen molar-refractivity contribution in [2.75, 3.05) is 5.32 Å². The molecule has 0 bridgehead atoms. The van der Waals surface area contributed by atoms with Crippen LogP contribution in [0.3, 0.4) is 0 Å². The van der Waals surface area contributed by atoms with Crippen molar-refractivity contribution >= 4 is 23.2 Å². The van der Waals surface area contributed by atoms with Gasteiger partial charge >= 0.3 is 0 Å². The Morgan fingerprint density at radius 2 is 1.87 bits per heavy atom. The lowest BCUT2D eigenvalue weighted by Crippen LogP contribution is -2.27. The van der Waals surface area contributed by atoms with Crippen molar-refractivity contribution in [3.05, 3.63) is 71.7 Å². The van der Waals surface area contributed by atoms with Gasteiger partial charge in [0.25, 0.3) is 0 Å². The summed E-state index contributed by atoms with van der Waals surface area (Å²) in [5, 5.41) is 3.41. The van der Waals surface area contributed by atoms with E-state index in [0.717, 1.165) is 28.3 Å². The Kier molecular flexibility index (Phi) is 3.69. The van der Waals surface area contributed by atoms with Crippen molar-refractivity contribution < 1.29 is 9.18 Å². The third-order valence-electron chi connectivity index (χ3n) is 4.36. The van der Waals surface area contributed by atoms with Crippen molar-refractivity contribution in [3.8, 4) is 0 Å². The zero-order chi connectivity index (χ0) is 15.8. The van der Waals surface area contributed by atoms with Gasteiger partial charge in [0, 0.05) is 22.3 Å². The van der Waals surface area contributed by atoms with Crippen molar-refractivity contribution in [2.45, 2.75) is 23.0 Å². The van der Waals surface area contributed by atoms with E-state index in [1.54, 1.807) is 23.9 Å². The average Bonchev–Trinajstić information content (AvgIpc) is 2.73. The summed E-state index contributed by atoms with van der Waals surface area (Å²) < 4.78 is 13.3. The molecule has 116 valence electrons. The number of thioether (sulfide) groups is 1. The van der Waals surface area contributed by atoms with E-state index in [0.29, 0.717) is 6.42 Å². The lowest BCUT2D eigenvalue weighted by Gasteiger charge is -2.28. The Labute approximate surface area is 138 Å². The molecule has 1 N–H and O–H groups in total. The van der Waals surface area contributed by atoms with Gasteiger partial charge in [-0.2, -0.15) is 0 Å². The first-order valence-corrected chi connectivity index (χ1v) is 8.61. The van der Waals surface area contributed by atoms with Gasteiger partial charge in [-0.3, -0.25) is 4.79 Å². The van der Waals surface area contributed by atoms with Gasteiger partial charge in [0.1, 0.15) is 11.6 Å². The molecule has 0 radical (unpaired) electrons. The summed E-state index contributed by atoms with van der Waals surface area (Å²) in [5.74, 6) is -0.201. The second-order valence-electron chi connectivity index (χ2n) is 5.85. The number of benzene rings is 2. The number of fused-ring (bicyclic) bond motifs is 2. The quantitative estimate of drug-likeness (QED) is 0.804. The second kappa shape index (κ2) is 5.85. The van der Waals surface area contributed by atoms with E-state index >= 15 is 0 Å². The van der Waals surface area contributed by atoms with Gasteiger partial charge < -0.3 is 5.32 Å². The fourth-order valence-electron chi connectivity index (χ4n) is 3.23. The molecule has 0 unspecified atom stereocenters. The first-order valence-electron chi connectivity index (χ1n) is 7.73.